The van der Waals surface area contributed by atoms with E-state index in [2.05, 4.69) is 40.9 Å². The van der Waals surface area contributed by atoms with E-state index in [9.17, 15) is 5.11 Å². The van der Waals surface area contributed by atoms with Crippen molar-refractivity contribution in [1.29, 1.82) is 0 Å². The maximum Gasteiger partial charge on any atom is 0.124 e. The number of benzene rings is 1. The summed E-state index contributed by atoms with van der Waals surface area (Å²) in [5, 5.41) is 19.3. The van der Waals surface area contributed by atoms with Gasteiger partial charge in [0.25, 0.3) is 0 Å². The van der Waals surface area contributed by atoms with E-state index >= 15 is 0 Å². The highest BCUT2D eigenvalue weighted by Gasteiger charge is 2.12. The molecule has 0 unspecified atom stereocenters. The van der Waals surface area contributed by atoms with Crippen molar-refractivity contribution >= 4 is 5.97 Å². The number of nitrogens with zero attached hydrogens (tertiary/aromatic N) is 3. The van der Waals surface area contributed by atoms with Crippen LogP contribution in [0.3, 0.4) is 0 Å². The average molecular weight is 324 g/mol. The molecule has 1 rings (SSSR count). The van der Waals surface area contributed by atoms with Crippen LogP contribution < -0.4 is 5.11 Å². The number of phenolic OH excluding ortho intramolecular Hbond substituents is 1. The number of carboxylic acids is 1. The molecule has 0 aliphatic heterocycles. The SMILES string of the molecule is CC(=O)[O-].CN(C)Cc1cc(CN(C)C)c(O)c(CN(C)C)c1. The van der Waals surface area contributed by atoms with Gasteiger partial charge in [-0.2, -0.15) is 0 Å². The molecule has 1 aromatic rings. The van der Waals surface area contributed by atoms with Crippen molar-refractivity contribution in [1.82, 2.24) is 14.7 Å². The smallest absolute Gasteiger partial charge is 0.124 e. The number of aliphatic carboxylic acids is 1. The molecule has 0 spiro atoms. The van der Waals surface area contributed by atoms with E-state index in [0.717, 1.165) is 37.7 Å². The minimum absolute atomic E-state index is 0.435. The molecule has 0 amide bonds. The van der Waals surface area contributed by atoms with Crippen LogP contribution in [-0.4, -0.2) is 68.1 Å². The van der Waals surface area contributed by atoms with Crippen LogP contribution in [0, 0.1) is 0 Å². The molecule has 6 heteroatoms. The maximum atomic E-state index is 10.4. The quantitative estimate of drug-likeness (QED) is 0.813. The first kappa shape index (κ1) is 21.4. The molecule has 0 aliphatic rings. The summed E-state index contributed by atoms with van der Waals surface area (Å²) in [5.74, 6) is -0.648. The normalized spacial score (nSPS) is 10.9. The predicted molar refractivity (Wildman–Crippen MR) is 91.0 cm³/mol. The Morgan fingerprint density at radius 1 is 0.913 bits per heavy atom. The minimum atomic E-state index is -1.08. The third-order valence-electron chi connectivity index (χ3n) is 2.80. The Hall–Kier alpha value is -1.63. The lowest BCUT2D eigenvalue weighted by atomic mass is 10.0. The predicted octanol–water partition coefficient (Wildman–Crippen LogP) is 0.333. The average Bonchev–Trinajstić information content (AvgIpc) is 2.32. The van der Waals surface area contributed by atoms with Gasteiger partial charge in [0.15, 0.2) is 0 Å². The molecule has 0 fully saturated rings. The number of carbonyl (C=O) groups is 1. The standard InChI is InChI=1S/C15H27N3O.C2H4O2/c1-16(2)9-12-7-13(10-17(3)4)15(19)14(8-12)11-18(5)6;1-2(3)4/h7-8,19H,9-11H2,1-6H3;1H3,(H,3,4)/p-1. The van der Waals surface area contributed by atoms with Crippen molar-refractivity contribution in [2.45, 2.75) is 26.6 Å². The van der Waals surface area contributed by atoms with Crippen molar-refractivity contribution in [2.75, 3.05) is 42.3 Å². The van der Waals surface area contributed by atoms with E-state index in [0.29, 0.717) is 5.75 Å². The van der Waals surface area contributed by atoms with Gasteiger partial charge in [-0.15, -0.1) is 0 Å². The number of rotatable bonds is 6. The topological polar surface area (TPSA) is 70.1 Å². The summed E-state index contributed by atoms with van der Waals surface area (Å²) in [5.41, 5.74) is 3.25. The van der Waals surface area contributed by atoms with Gasteiger partial charge >= 0.3 is 0 Å². The molecule has 0 aliphatic carbocycles. The number of hydrogen-bond acceptors (Lipinski definition) is 6. The highest BCUT2D eigenvalue weighted by Crippen LogP contribution is 2.27. The van der Waals surface area contributed by atoms with Gasteiger partial charge < -0.3 is 29.7 Å². The second kappa shape index (κ2) is 10.2. The van der Waals surface area contributed by atoms with Gasteiger partial charge in [-0.25, -0.2) is 0 Å². The van der Waals surface area contributed by atoms with E-state index < -0.39 is 5.97 Å². The number of carboxylic acid groups (broad SMARTS) is 1. The van der Waals surface area contributed by atoms with E-state index in [1.54, 1.807) is 0 Å². The van der Waals surface area contributed by atoms with Gasteiger partial charge in [0.1, 0.15) is 5.75 Å². The Kier molecular flexibility index (Phi) is 9.48. The fraction of sp³-hybridized carbons (Fsp3) is 0.588. The minimum Gasteiger partial charge on any atom is -0.550 e. The molecule has 6 nitrogen and oxygen atoms in total. The van der Waals surface area contributed by atoms with Crippen molar-refractivity contribution in [2.24, 2.45) is 0 Å². The highest BCUT2D eigenvalue weighted by molar-refractivity contribution is 5.60. The van der Waals surface area contributed by atoms with Crippen LogP contribution in [0.5, 0.6) is 5.75 Å². The van der Waals surface area contributed by atoms with Gasteiger partial charge in [0.05, 0.1) is 0 Å². The molecule has 0 heterocycles. The molecule has 132 valence electrons. The molecular formula is C17H30N3O3-. The fourth-order valence-corrected chi connectivity index (χ4v) is 2.21. The van der Waals surface area contributed by atoms with Gasteiger partial charge in [-0.3, -0.25) is 0 Å². The van der Waals surface area contributed by atoms with Crippen LogP contribution in [0.4, 0.5) is 0 Å². The molecule has 1 N–H and O–H groups in total. The second-order valence-electron chi connectivity index (χ2n) is 6.47. The number of carbonyl (C=O) groups excluding carboxylic acids is 1. The monoisotopic (exact) mass is 324 g/mol. The summed E-state index contributed by atoms with van der Waals surface area (Å²) in [7, 11) is 12.2. The lowest BCUT2D eigenvalue weighted by Crippen LogP contribution is -2.16. The third-order valence-corrected chi connectivity index (χ3v) is 2.80. The zero-order chi connectivity index (χ0) is 18.2. The Labute approximate surface area is 139 Å². The van der Waals surface area contributed by atoms with E-state index in [1.807, 2.05) is 28.2 Å². The lowest BCUT2D eigenvalue weighted by Gasteiger charge is -2.19. The molecule has 0 bridgehead atoms. The first-order chi connectivity index (χ1) is 10.5. The Bertz CT molecular complexity index is 465. The Morgan fingerprint density at radius 2 is 1.22 bits per heavy atom. The summed E-state index contributed by atoms with van der Waals surface area (Å²) in [6, 6.07) is 4.21. The van der Waals surface area contributed by atoms with Crippen LogP contribution >= 0.6 is 0 Å². The molecule has 0 aromatic heterocycles. The van der Waals surface area contributed by atoms with Crippen molar-refractivity contribution in [3.8, 4) is 5.75 Å². The van der Waals surface area contributed by atoms with Crippen molar-refractivity contribution < 1.29 is 15.0 Å². The molecule has 0 atom stereocenters. The van der Waals surface area contributed by atoms with Crippen molar-refractivity contribution in [3.63, 3.8) is 0 Å². The van der Waals surface area contributed by atoms with E-state index in [4.69, 9.17) is 9.90 Å². The first-order valence-electron chi connectivity index (χ1n) is 7.48. The molecule has 0 radical (unpaired) electrons. The lowest BCUT2D eigenvalue weighted by molar-refractivity contribution is -0.302. The summed E-state index contributed by atoms with van der Waals surface area (Å²) in [4.78, 5) is 15.2. The molecule has 0 saturated carbocycles. The molecule has 23 heavy (non-hydrogen) atoms. The molecule has 1 aromatic carbocycles. The van der Waals surface area contributed by atoms with Crippen LogP contribution in [0.25, 0.3) is 0 Å². The van der Waals surface area contributed by atoms with Gasteiger partial charge in [-0.05, 0) is 66.9 Å². The van der Waals surface area contributed by atoms with Crippen LogP contribution in [0.2, 0.25) is 0 Å². The Balaban J connectivity index is 0.00000108. The summed E-state index contributed by atoms with van der Waals surface area (Å²) in [6.07, 6.45) is 0. The summed E-state index contributed by atoms with van der Waals surface area (Å²) in [6.45, 7) is 3.38. The van der Waals surface area contributed by atoms with Crippen LogP contribution in [0.1, 0.15) is 23.6 Å². The fourth-order valence-electron chi connectivity index (χ4n) is 2.21. The first-order valence-corrected chi connectivity index (χ1v) is 7.48. The summed E-state index contributed by atoms with van der Waals surface area (Å²) >= 11 is 0. The Morgan fingerprint density at radius 3 is 1.48 bits per heavy atom. The van der Waals surface area contributed by atoms with Gasteiger partial charge in [-0.1, -0.05) is 0 Å². The second-order valence-corrected chi connectivity index (χ2v) is 6.47. The van der Waals surface area contributed by atoms with E-state index in [-0.39, 0.29) is 0 Å². The number of phenols is 1. The van der Waals surface area contributed by atoms with Gasteiger partial charge in [0.2, 0.25) is 0 Å². The largest absolute Gasteiger partial charge is 0.550 e. The maximum absolute atomic E-state index is 10.4. The van der Waals surface area contributed by atoms with Crippen molar-refractivity contribution in [3.05, 3.63) is 28.8 Å². The van der Waals surface area contributed by atoms with Crippen LogP contribution in [-0.2, 0) is 24.4 Å². The third kappa shape index (κ3) is 9.89. The summed E-state index contributed by atoms with van der Waals surface area (Å²) < 4.78 is 0. The highest BCUT2D eigenvalue weighted by atomic mass is 16.4. The number of hydrogen-bond donors (Lipinski definition) is 1. The number of aromatic hydroxyl groups is 1. The molecule has 0 saturated heterocycles. The van der Waals surface area contributed by atoms with Gasteiger partial charge in [0, 0.05) is 36.7 Å². The van der Waals surface area contributed by atoms with Crippen LogP contribution in [0.15, 0.2) is 12.1 Å². The van der Waals surface area contributed by atoms with E-state index in [1.165, 1.54) is 5.56 Å². The molecular weight excluding hydrogens is 294 g/mol. The zero-order valence-corrected chi connectivity index (χ0v) is 15.4. The zero-order valence-electron chi connectivity index (χ0n) is 15.4.